The summed E-state index contributed by atoms with van der Waals surface area (Å²) >= 11 is 0. The summed E-state index contributed by atoms with van der Waals surface area (Å²) in [6, 6.07) is 3.62. The predicted molar refractivity (Wildman–Crippen MR) is 75.8 cm³/mol. The van der Waals surface area contributed by atoms with Crippen LogP contribution in [0.4, 0.5) is 0 Å². The average molecular weight is 275 g/mol. The molecule has 1 unspecified atom stereocenters. The molecule has 0 radical (unpaired) electrons. The highest BCUT2D eigenvalue weighted by atomic mass is 16.2. The fourth-order valence-electron chi connectivity index (χ4n) is 2.71. The summed E-state index contributed by atoms with van der Waals surface area (Å²) in [6.07, 6.45) is 4.64. The van der Waals surface area contributed by atoms with Crippen molar-refractivity contribution in [3.8, 4) is 0 Å². The van der Waals surface area contributed by atoms with Crippen LogP contribution in [0.25, 0.3) is 0 Å². The van der Waals surface area contributed by atoms with E-state index in [1.807, 2.05) is 32.9 Å². The summed E-state index contributed by atoms with van der Waals surface area (Å²) in [5, 5.41) is 2.87. The predicted octanol–water partition coefficient (Wildman–Crippen LogP) is 1.66. The molecule has 0 bridgehead atoms. The summed E-state index contributed by atoms with van der Waals surface area (Å²) in [5.74, 6) is -0.0949. The standard InChI is InChI=1S/C15H21N3O2/c1-4-15(5-2)14(20)18(10-13(19)17-15)11(3)12-7-6-8-16-9-12/h6-9,11H,4-5,10H2,1-3H3,(H,17,19). The normalized spacial score (nSPS) is 19.6. The Hall–Kier alpha value is -1.91. The van der Waals surface area contributed by atoms with E-state index in [1.54, 1.807) is 17.3 Å². The number of nitrogens with zero attached hydrogens (tertiary/aromatic N) is 2. The van der Waals surface area contributed by atoms with Gasteiger partial charge in [-0.1, -0.05) is 19.9 Å². The largest absolute Gasteiger partial charge is 0.340 e. The SMILES string of the molecule is CCC1(CC)NC(=O)CN(C(C)c2cccnc2)C1=O. The molecule has 5 nitrogen and oxygen atoms in total. The van der Waals surface area contributed by atoms with E-state index in [0.29, 0.717) is 12.8 Å². The van der Waals surface area contributed by atoms with Gasteiger partial charge in [0.15, 0.2) is 0 Å². The van der Waals surface area contributed by atoms with Crippen LogP contribution >= 0.6 is 0 Å². The molecule has 1 aromatic rings. The first-order chi connectivity index (χ1) is 9.54. The number of rotatable bonds is 4. The van der Waals surface area contributed by atoms with Crippen molar-refractivity contribution >= 4 is 11.8 Å². The zero-order valence-corrected chi connectivity index (χ0v) is 12.2. The lowest BCUT2D eigenvalue weighted by Gasteiger charge is -2.43. The third-order valence-corrected chi connectivity index (χ3v) is 4.20. The van der Waals surface area contributed by atoms with Crippen molar-refractivity contribution in [1.29, 1.82) is 0 Å². The van der Waals surface area contributed by atoms with Crippen LogP contribution in [0, 0.1) is 0 Å². The minimum absolute atomic E-state index is 0.00143. The van der Waals surface area contributed by atoms with Gasteiger partial charge in [-0.15, -0.1) is 0 Å². The van der Waals surface area contributed by atoms with E-state index in [4.69, 9.17) is 0 Å². The van der Waals surface area contributed by atoms with E-state index < -0.39 is 5.54 Å². The molecule has 1 aromatic heterocycles. The first-order valence-electron chi connectivity index (χ1n) is 7.06. The molecular formula is C15H21N3O2. The van der Waals surface area contributed by atoms with Gasteiger partial charge in [0, 0.05) is 12.4 Å². The van der Waals surface area contributed by atoms with Gasteiger partial charge in [-0.25, -0.2) is 0 Å². The monoisotopic (exact) mass is 275 g/mol. The molecule has 1 N–H and O–H groups in total. The second-order valence-electron chi connectivity index (χ2n) is 5.23. The Morgan fingerprint density at radius 2 is 2.10 bits per heavy atom. The zero-order valence-electron chi connectivity index (χ0n) is 12.2. The van der Waals surface area contributed by atoms with Crippen LogP contribution in [0.2, 0.25) is 0 Å². The van der Waals surface area contributed by atoms with Crippen LogP contribution < -0.4 is 5.32 Å². The van der Waals surface area contributed by atoms with Crippen LogP contribution in [0.1, 0.15) is 45.2 Å². The third kappa shape index (κ3) is 2.40. The van der Waals surface area contributed by atoms with Crippen molar-refractivity contribution < 1.29 is 9.59 Å². The fraction of sp³-hybridized carbons (Fsp3) is 0.533. The molecule has 20 heavy (non-hydrogen) atoms. The lowest BCUT2D eigenvalue weighted by molar-refractivity contribution is -0.152. The highest BCUT2D eigenvalue weighted by Gasteiger charge is 2.45. The molecule has 1 aliphatic rings. The van der Waals surface area contributed by atoms with Gasteiger partial charge in [-0.2, -0.15) is 0 Å². The molecule has 0 spiro atoms. The number of pyridine rings is 1. The molecule has 2 rings (SSSR count). The molecule has 2 amide bonds. The van der Waals surface area contributed by atoms with Crippen LogP contribution in [-0.2, 0) is 9.59 Å². The lowest BCUT2D eigenvalue weighted by Crippen LogP contribution is -2.66. The Morgan fingerprint density at radius 1 is 1.40 bits per heavy atom. The van der Waals surface area contributed by atoms with Crippen LogP contribution in [0.15, 0.2) is 24.5 Å². The van der Waals surface area contributed by atoms with E-state index in [0.717, 1.165) is 5.56 Å². The van der Waals surface area contributed by atoms with Gasteiger partial charge in [-0.05, 0) is 31.4 Å². The third-order valence-electron chi connectivity index (χ3n) is 4.20. The minimum atomic E-state index is -0.758. The molecule has 2 heterocycles. The van der Waals surface area contributed by atoms with Crippen molar-refractivity contribution in [2.45, 2.75) is 45.2 Å². The number of carbonyl (C=O) groups is 2. The maximum absolute atomic E-state index is 12.8. The first-order valence-corrected chi connectivity index (χ1v) is 7.06. The Balaban J connectivity index is 2.31. The van der Waals surface area contributed by atoms with Crippen molar-refractivity contribution in [3.63, 3.8) is 0 Å². The van der Waals surface area contributed by atoms with Crippen LogP contribution in [0.5, 0.6) is 0 Å². The molecular weight excluding hydrogens is 254 g/mol. The zero-order chi connectivity index (χ0) is 14.8. The molecule has 1 saturated heterocycles. The van der Waals surface area contributed by atoms with Crippen molar-refractivity contribution in [3.05, 3.63) is 30.1 Å². The summed E-state index contributed by atoms with van der Waals surface area (Å²) in [5.41, 5.74) is 0.183. The second kappa shape index (κ2) is 5.61. The Kier molecular flexibility index (Phi) is 4.06. The molecule has 1 fully saturated rings. The molecule has 0 saturated carbocycles. The van der Waals surface area contributed by atoms with Gasteiger partial charge in [0.05, 0.1) is 6.04 Å². The van der Waals surface area contributed by atoms with Gasteiger partial charge < -0.3 is 10.2 Å². The van der Waals surface area contributed by atoms with E-state index in [2.05, 4.69) is 10.3 Å². The Bertz CT molecular complexity index is 497. The molecule has 0 aliphatic carbocycles. The highest BCUT2D eigenvalue weighted by Crippen LogP contribution is 2.28. The van der Waals surface area contributed by atoms with E-state index >= 15 is 0 Å². The molecule has 108 valence electrons. The van der Waals surface area contributed by atoms with Gasteiger partial charge in [0.2, 0.25) is 11.8 Å². The summed E-state index contributed by atoms with van der Waals surface area (Å²) < 4.78 is 0. The Labute approximate surface area is 119 Å². The van der Waals surface area contributed by atoms with Gasteiger partial charge in [-0.3, -0.25) is 14.6 Å². The molecule has 5 heteroatoms. The fourth-order valence-corrected chi connectivity index (χ4v) is 2.71. The highest BCUT2D eigenvalue weighted by molar-refractivity contribution is 5.98. The number of nitrogens with one attached hydrogen (secondary N) is 1. The summed E-state index contributed by atoms with van der Waals surface area (Å²) in [6.45, 7) is 5.90. The lowest BCUT2D eigenvalue weighted by atomic mass is 9.88. The topological polar surface area (TPSA) is 62.3 Å². The molecule has 0 aromatic carbocycles. The number of aromatic nitrogens is 1. The van der Waals surface area contributed by atoms with Crippen molar-refractivity contribution in [2.75, 3.05) is 6.54 Å². The Morgan fingerprint density at radius 3 is 2.65 bits per heavy atom. The number of amides is 2. The van der Waals surface area contributed by atoms with Crippen LogP contribution in [-0.4, -0.2) is 33.8 Å². The minimum Gasteiger partial charge on any atom is -0.340 e. The molecule has 1 atom stereocenters. The number of hydrogen-bond acceptors (Lipinski definition) is 3. The first kappa shape index (κ1) is 14.5. The van der Waals surface area contributed by atoms with E-state index in [1.165, 1.54) is 0 Å². The summed E-state index contributed by atoms with van der Waals surface area (Å²) in [7, 11) is 0. The van der Waals surface area contributed by atoms with Crippen molar-refractivity contribution in [2.24, 2.45) is 0 Å². The van der Waals surface area contributed by atoms with Crippen molar-refractivity contribution in [1.82, 2.24) is 15.2 Å². The number of hydrogen-bond donors (Lipinski definition) is 1. The average Bonchev–Trinajstić information content (AvgIpc) is 2.49. The quantitative estimate of drug-likeness (QED) is 0.909. The summed E-state index contributed by atoms with van der Waals surface area (Å²) in [4.78, 5) is 30.5. The number of piperazine rings is 1. The number of carbonyl (C=O) groups excluding carboxylic acids is 2. The van der Waals surface area contributed by atoms with Gasteiger partial charge >= 0.3 is 0 Å². The van der Waals surface area contributed by atoms with E-state index in [-0.39, 0.29) is 24.4 Å². The molecule has 1 aliphatic heterocycles. The maximum atomic E-state index is 12.8. The van der Waals surface area contributed by atoms with Crippen LogP contribution in [0.3, 0.4) is 0 Å². The second-order valence-corrected chi connectivity index (χ2v) is 5.23. The van der Waals surface area contributed by atoms with Gasteiger partial charge in [0.25, 0.3) is 0 Å². The maximum Gasteiger partial charge on any atom is 0.249 e. The van der Waals surface area contributed by atoms with Gasteiger partial charge in [0.1, 0.15) is 12.1 Å². The smallest absolute Gasteiger partial charge is 0.249 e. The van der Waals surface area contributed by atoms with E-state index in [9.17, 15) is 9.59 Å².